The number of alkyl halides is 3. The molecule has 1 aromatic heterocycles. The molecule has 0 N–H and O–H groups in total. The Morgan fingerprint density at radius 1 is 1.50 bits per heavy atom. The predicted molar refractivity (Wildman–Crippen MR) is 61.7 cm³/mol. The number of nitrogens with zero attached hydrogens (tertiary/aromatic N) is 2. The van der Waals surface area contributed by atoms with Crippen molar-refractivity contribution in [2.75, 3.05) is 18.6 Å². The Balaban J connectivity index is 2.34. The van der Waals surface area contributed by atoms with Crippen molar-refractivity contribution in [2.45, 2.75) is 12.6 Å². The number of amides is 1. The highest BCUT2D eigenvalue weighted by molar-refractivity contribution is 5.99. The molecule has 0 spiro atoms. The fraction of sp³-hybridized carbons (Fsp3) is 0.417. The highest BCUT2D eigenvalue weighted by Crippen LogP contribution is 2.37. The quantitative estimate of drug-likeness (QED) is 0.776. The molecule has 5 nitrogen and oxygen atoms in total. The largest absolute Gasteiger partial charge is 0.469 e. The molecule has 0 aliphatic carbocycles. The molecule has 108 valence electrons. The molecule has 20 heavy (non-hydrogen) atoms. The van der Waals surface area contributed by atoms with Gasteiger partial charge in [0.2, 0.25) is 5.91 Å². The molecule has 0 radical (unpaired) electrons. The van der Waals surface area contributed by atoms with Crippen LogP contribution in [0.5, 0.6) is 0 Å². The Hall–Kier alpha value is -2.12. The van der Waals surface area contributed by atoms with E-state index in [2.05, 4.69) is 9.72 Å². The maximum atomic E-state index is 12.9. The lowest BCUT2D eigenvalue weighted by Gasteiger charge is -2.19. The number of carbonyl (C=O) groups excluding carboxylic acids is 2. The molecular weight excluding hydrogens is 277 g/mol. The van der Waals surface area contributed by atoms with Gasteiger partial charge in [-0.15, -0.1) is 0 Å². The van der Waals surface area contributed by atoms with Crippen LogP contribution in [0.2, 0.25) is 0 Å². The Kier molecular flexibility index (Phi) is 3.65. The van der Waals surface area contributed by atoms with Crippen LogP contribution in [0.15, 0.2) is 18.3 Å². The summed E-state index contributed by atoms with van der Waals surface area (Å²) in [7, 11) is 1.16. The standard InChI is InChI=1S/C12H11F3N2O3/c1-20-11(19)7-5-9(18)17(6-7)10-8(12(13,14)15)3-2-4-16-10/h2-4,7H,5-6H2,1H3. The minimum Gasteiger partial charge on any atom is -0.469 e. The molecule has 0 saturated carbocycles. The fourth-order valence-electron chi connectivity index (χ4n) is 2.07. The highest BCUT2D eigenvalue weighted by atomic mass is 19.4. The Morgan fingerprint density at radius 2 is 2.20 bits per heavy atom. The number of pyridine rings is 1. The topological polar surface area (TPSA) is 59.5 Å². The van der Waals surface area contributed by atoms with Gasteiger partial charge >= 0.3 is 12.1 Å². The molecule has 0 bridgehead atoms. The summed E-state index contributed by atoms with van der Waals surface area (Å²) in [5, 5.41) is 0. The summed E-state index contributed by atoms with van der Waals surface area (Å²) in [6.07, 6.45) is -3.63. The molecule has 1 aliphatic rings. The van der Waals surface area contributed by atoms with Gasteiger partial charge < -0.3 is 4.74 Å². The van der Waals surface area contributed by atoms with Crippen LogP contribution in [-0.4, -0.2) is 30.5 Å². The van der Waals surface area contributed by atoms with E-state index in [1.54, 1.807) is 0 Å². The summed E-state index contributed by atoms with van der Waals surface area (Å²) in [4.78, 5) is 27.7. The molecule has 0 aromatic carbocycles. The molecular formula is C12H11F3N2O3. The lowest BCUT2D eigenvalue weighted by molar-refractivity contribution is -0.145. The number of carbonyl (C=O) groups is 2. The van der Waals surface area contributed by atoms with Crippen molar-refractivity contribution in [1.82, 2.24) is 4.98 Å². The zero-order valence-electron chi connectivity index (χ0n) is 10.5. The van der Waals surface area contributed by atoms with Gasteiger partial charge in [0.15, 0.2) is 0 Å². The molecule has 1 saturated heterocycles. The predicted octanol–water partition coefficient (Wildman–Crippen LogP) is 1.63. The van der Waals surface area contributed by atoms with Crippen molar-refractivity contribution in [1.29, 1.82) is 0 Å². The third-order valence-electron chi connectivity index (χ3n) is 3.01. The Morgan fingerprint density at radius 3 is 2.80 bits per heavy atom. The molecule has 1 unspecified atom stereocenters. The van der Waals surface area contributed by atoms with E-state index in [-0.39, 0.29) is 13.0 Å². The number of ether oxygens (including phenoxy) is 1. The van der Waals surface area contributed by atoms with Gasteiger partial charge in [-0.2, -0.15) is 13.2 Å². The number of methoxy groups -OCH3 is 1. The minimum atomic E-state index is -4.62. The molecule has 2 heterocycles. The lowest BCUT2D eigenvalue weighted by atomic mass is 10.1. The normalized spacial score (nSPS) is 19.3. The van der Waals surface area contributed by atoms with E-state index >= 15 is 0 Å². The maximum Gasteiger partial charge on any atom is 0.419 e. The van der Waals surface area contributed by atoms with E-state index < -0.39 is 35.4 Å². The van der Waals surface area contributed by atoms with Crippen LogP contribution >= 0.6 is 0 Å². The van der Waals surface area contributed by atoms with Gasteiger partial charge in [-0.25, -0.2) is 4.98 Å². The van der Waals surface area contributed by atoms with E-state index in [0.29, 0.717) is 0 Å². The lowest BCUT2D eigenvalue weighted by Crippen LogP contribution is -2.29. The van der Waals surface area contributed by atoms with Crippen molar-refractivity contribution in [3.8, 4) is 0 Å². The number of aromatic nitrogens is 1. The van der Waals surface area contributed by atoms with Crippen LogP contribution in [-0.2, 0) is 20.5 Å². The average molecular weight is 288 g/mol. The van der Waals surface area contributed by atoms with Gasteiger partial charge in [-0.3, -0.25) is 14.5 Å². The molecule has 1 atom stereocenters. The van der Waals surface area contributed by atoms with Crippen molar-refractivity contribution in [2.24, 2.45) is 5.92 Å². The third-order valence-corrected chi connectivity index (χ3v) is 3.01. The van der Waals surface area contributed by atoms with Crippen LogP contribution in [0, 0.1) is 5.92 Å². The molecule has 1 aromatic rings. The smallest absolute Gasteiger partial charge is 0.419 e. The number of halogens is 3. The van der Waals surface area contributed by atoms with Gasteiger partial charge in [-0.1, -0.05) is 0 Å². The second kappa shape index (κ2) is 5.10. The molecule has 1 aliphatic heterocycles. The minimum absolute atomic E-state index is 0.161. The van der Waals surface area contributed by atoms with Crippen LogP contribution in [0.3, 0.4) is 0 Å². The fourth-order valence-corrected chi connectivity index (χ4v) is 2.07. The van der Waals surface area contributed by atoms with E-state index in [4.69, 9.17) is 0 Å². The Labute approximate surface area is 112 Å². The van der Waals surface area contributed by atoms with E-state index in [0.717, 1.165) is 24.1 Å². The molecule has 8 heteroatoms. The average Bonchev–Trinajstić information content (AvgIpc) is 2.79. The van der Waals surface area contributed by atoms with Crippen molar-refractivity contribution in [3.05, 3.63) is 23.9 Å². The first-order chi connectivity index (χ1) is 9.34. The second-order valence-corrected chi connectivity index (χ2v) is 4.30. The van der Waals surface area contributed by atoms with Gasteiger partial charge in [0.25, 0.3) is 0 Å². The van der Waals surface area contributed by atoms with Crippen LogP contribution < -0.4 is 4.90 Å². The highest BCUT2D eigenvalue weighted by Gasteiger charge is 2.41. The zero-order chi connectivity index (χ0) is 14.9. The summed E-state index contributed by atoms with van der Waals surface area (Å²) < 4.78 is 43.1. The number of rotatable bonds is 2. The summed E-state index contributed by atoms with van der Waals surface area (Å²) in [5.74, 6) is -2.44. The summed E-state index contributed by atoms with van der Waals surface area (Å²) >= 11 is 0. The van der Waals surface area contributed by atoms with Gasteiger partial charge in [0.1, 0.15) is 5.82 Å². The molecule has 1 amide bonds. The van der Waals surface area contributed by atoms with Gasteiger partial charge in [0, 0.05) is 19.2 Å². The summed E-state index contributed by atoms with van der Waals surface area (Å²) in [6, 6.07) is 1.99. The third kappa shape index (κ3) is 2.59. The van der Waals surface area contributed by atoms with E-state index in [1.165, 1.54) is 6.20 Å². The van der Waals surface area contributed by atoms with Gasteiger partial charge in [0.05, 0.1) is 18.6 Å². The first kappa shape index (κ1) is 14.3. The van der Waals surface area contributed by atoms with Crippen molar-refractivity contribution < 1.29 is 27.5 Å². The first-order valence-corrected chi connectivity index (χ1v) is 5.75. The maximum absolute atomic E-state index is 12.9. The monoisotopic (exact) mass is 288 g/mol. The molecule has 2 rings (SSSR count). The SMILES string of the molecule is COC(=O)C1CC(=O)N(c2ncccc2C(F)(F)F)C1. The summed E-state index contributed by atoms with van der Waals surface area (Å²) in [5.41, 5.74) is -1.00. The van der Waals surface area contributed by atoms with Gasteiger partial charge in [-0.05, 0) is 12.1 Å². The van der Waals surface area contributed by atoms with Crippen molar-refractivity contribution >= 4 is 17.7 Å². The van der Waals surface area contributed by atoms with Crippen LogP contribution in [0.1, 0.15) is 12.0 Å². The number of hydrogen-bond acceptors (Lipinski definition) is 4. The van der Waals surface area contributed by atoms with E-state index in [9.17, 15) is 22.8 Å². The van der Waals surface area contributed by atoms with Crippen LogP contribution in [0.25, 0.3) is 0 Å². The number of hydrogen-bond donors (Lipinski definition) is 0. The summed E-state index contributed by atoms with van der Waals surface area (Å²) in [6.45, 7) is -0.161. The second-order valence-electron chi connectivity index (χ2n) is 4.30. The molecule has 1 fully saturated rings. The number of esters is 1. The Bertz CT molecular complexity index is 545. The zero-order valence-corrected chi connectivity index (χ0v) is 10.5. The number of anilines is 1. The van der Waals surface area contributed by atoms with E-state index in [1.807, 2.05) is 0 Å². The van der Waals surface area contributed by atoms with Crippen molar-refractivity contribution in [3.63, 3.8) is 0 Å². The van der Waals surface area contributed by atoms with Crippen LogP contribution in [0.4, 0.5) is 19.0 Å². The first-order valence-electron chi connectivity index (χ1n) is 5.75.